The van der Waals surface area contributed by atoms with Crippen LogP contribution in [0.15, 0.2) is 24.3 Å². The van der Waals surface area contributed by atoms with E-state index in [1.165, 1.54) is 19.3 Å². The molecule has 3 aliphatic carbocycles. The van der Waals surface area contributed by atoms with Crippen molar-refractivity contribution < 1.29 is 9.90 Å². The second-order valence-electron chi connectivity index (χ2n) is 6.72. The molecule has 0 saturated heterocycles. The van der Waals surface area contributed by atoms with E-state index in [0.29, 0.717) is 18.2 Å². The largest absolute Gasteiger partial charge is 0.508 e. The molecule has 3 heteroatoms. The summed E-state index contributed by atoms with van der Waals surface area (Å²) in [6, 6.07) is 7.21. The number of hydrogen-bond acceptors (Lipinski definition) is 2. The van der Waals surface area contributed by atoms with Crippen LogP contribution < -0.4 is 5.32 Å². The van der Waals surface area contributed by atoms with Crippen molar-refractivity contribution in [2.75, 3.05) is 6.54 Å². The van der Waals surface area contributed by atoms with Gasteiger partial charge in [0.25, 0.3) is 0 Å². The Kier molecular flexibility index (Phi) is 2.76. The number of nitrogens with one attached hydrogen (secondary N) is 1. The van der Waals surface area contributed by atoms with E-state index >= 15 is 0 Å². The van der Waals surface area contributed by atoms with Crippen molar-refractivity contribution in [2.24, 2.45) is 29.6 Å². The molecule has 3 nitrogen and oxygen atoms in total. The molecule has 1 aromatic carbocycles. The minimum absolute atomic E-state index is 0.287. The highest BCUT2D eigenvalue weighted by Gasteiger charge is 2.67. The molecule has 20 heavy (non-hydrogen) atoms. The minimum Gasteiger partial charge on any atom is -0.508 e. The highest BCUT2D eigenvalue weighted by atomic mass is 16.3. The lowest BCUT2D eigenvalue weighted by Crippen LogP contribution is -2.29. The Hall–Kier alpha value is -1.51. The first-order valence-electron chi connectivity index (χ1n) is 7.79. The van der Waals surface area contributed by atoms with Crippen molar-refractivity contribution in [1.29, 1.82) is 0 Å². The van der Waals surface area contributed by atoms with E-state index in [2.05, 4.69) is 5.32 Å². The molecule has 2 N–H and O–H groups in total. The zero-order chi connectivity index (χ0) is 13.7. The van der Waals surface area contributed by atoms with Crippen LogP contribution in [0.4, 0.5) is 0 Å². The zero-order valence-corrected chi connectivity index (χ0v) is 11.6. The summed E-state index contributed by atoms with van der Waals surface area (Å²) < 4.78 is 0. The fraction of sp³-hybridized carbons (Fsp3) is 0.588. The summed E-state index contributed by atoms with van der Waals surface area (Å²) in [5.74, 6) is 4.08. The molecular formula is C17H21NO2. The number of phenolic OH excluding ortho intramolecular Hbond substituents is 1. The van der Waals surface area contributed by atoms with Gasteiger partial charge >= 0.3 is 0 Å². The third kappa shape index (κ3) is 1.91. The van der Waals surface area contributed by atoms with E-state index in [-0.39, 0.29) is 5.91 Å². The van der Waals surface area contributed by atoms with E-state index in [0.717, 1.165) is 35.7 Å². The van der Waals surface area contributed by atoms with Gasteiger partial charge in [0.15, 0.2) is 0 Å². The molecule has 4 rings (SSSR count). The van der Waals surface area contributed by atoms with Crippen molar-refractivity contribution in [3.8, 4) is 5.75 Å². The third-order valence-electron chi connectivity index (χ3n) is 5.69. The standard InChI is InChI=1S/C17H21NO2/c19-13-5-1-10(2-6-13)7-8-18-17(20)16-14-11-3-4-12(9-11)15(14)16/h1-2,5-6,11-12,14-16,19H,3-4,7-9H2,(H,18,20). The van der Waals surface area contributed by atoms with Gasteiger partial charge in [-0.15, -0.1) is 0 Å². The summed E-state index contributed by atoms with van der Waals surface area (Å²) in [5, 5.41) is 12.3. The average Bonchev–Trinajstić information content (AvgIpc) is 2.90. The summed E-state index contributed by atoms with van der Waals surface area (Å²) in [6.45, 7) is 0.703. The van der Waals surface area contributed by atoms with E-state index in [9.17, 15) is 9.90 Å². The number of benzene rings is 1. The lowest BCUT2D eigenvalue weighted by molar-refractivity contribution is -0.123. The maximum absolute atomic E-state index is 12.2. The Labute approximate surface area is 119 Å². The van der Waals surface area contributed by atoms with Crippen molar-refractivity contribution in [3.05, 3.63) is 29.8 Å². The van der Waals surface area contributed by atoms with Gasteiger partial charge in [0.05, 0.1) is 0 Å². The van der Waals surface area contributed by atoms with E-state index in [4.69, 9.17) is 0 Å². The summed E-state index contributed by atoms with van der Waals surface area (Å²) in [7, 11) is 0. The van der Waals surface area contributed by atoms with E-state index < -0.39 is 0 Å². The van der Waals surface area contributed by atoms with Crippen LogP contribution in [-0.2, 0) is 11.2 Å². The van der Waals surface area contributed by atoms with Gasteiger partial charge in [0, 0.05) is 12.5 Å². The third-order valence-corrected chi connectivity index (χ3v) is 5.69. The van der Waals surface area contributed by atoms with Crippen LogP contribution in [0, 0.1) is 29.6 Å². The lowest BCUT2D eigenvalue weighted by Gasteiger charge is -2.09. The second kappa shape index (κ2) is 4.51. The fourth-order valence-electron chi connectivity index (χ4n) is 4.79. The second-order valence-corrected chi connectivity index (χ2v) is 6.72. The number of hydrogen-bond donors (Lipinski definition) is 2. The van der Waals surface area contributed by atoms with Crippen LogP contribution in [0.3, 0.4) is 0 Å². The van der Waals surface area contributed by atoms with Crippen LogP contribution in [0.25, 0.3) is 0 Å². The fourth-order valence-corrected chi connectivity index (χ4v) is 4.79. The molecule has 3 fully saturated rings. The molecule has 4 atom stereocenters. The van der Waals surface area contributed by atoms with Gasteiger partial charge in [0.2, 0.25) is 5.91 Å². The maximum atomic E-state index is 12.2. The minimum atomic E-state index is 0.287. The van der Waals surface area contributed by atoms with Crippen LogP contribution in [0.1, 0.15) is 24.8 Å². The monoisotopic (exact) mass is 271 g/mol. The number of carbonyl (C=O) groups is 1. The smallest absolute Gasteiger partial charge is 0.223 e. The van der Waals surface area contributed by atoms with Gasteiger partial charge < -0.3 is 10.4 Å². The normalized spacial score (nSPS) is 36.7. The maximum Gasteiger partial charge on any atom is 0.223 e. The molecule has 106 valence electrons. The Morgan fingerprint density at radius 1 is 1.15 bits per heavy atom. The Balaban J connectivity index is 1.27. The van der Waals surface area contributed by atoms with E-state index in [1.54, 1.807) is 12.1 Å². The number of carbonyl (C=O) groups excluding carboxylic acids is 1. The lowest BCUT2D eigenvalue weighted by atomic mass is 10.0. The molecule has 3 aliphatic rings. The molecule has 1 amide bonds. The first kappa shape index (κ1) is 12.2. The number of aromatic hydroxyl groups is 1. The quantitative estimate of drug-likeness (QED) is 0.883. The molecule has 0 spiro atoms. The highest BCUT2D eigenvalue weighted by molar-refractivity contribution is 5.82. The van der Waals surface area contributed by atoms with Crippen molar-refractivity contribution in [3.63, 3.8) is 0 Å². The topological polar surface area (TPSA) is 49.3 Å². The Bertz CT molecular complexity index is 508. The molecule has 1 aromatic rings. The molecule has 2 bridgehead atoms. The molecule has 0 aromatic heterocycles. The average molecular weight is 271 g/mol. The van der Waals surface area contributed by atoms with Gasteiger partial charge in [-0.2, -0.15) is 0 Å². The number of amides is 1. The molecule has 4 unspecified atom stereocenters. The first-order valence-corrected chi connectivity index (χ1v) is 7.79. The Morgan fingerprint density at radius 3 is 2.45 bits per heavy atom. The molecular weight excluding hydrogens is 250 g/mol. The van der Waals surface area contributed by atoms with Gasteiger partial charge in [0.1, 0.15) is 5.75 Å². The van der Waals surface area contributed by atoms with Gasteiger partial charge in [-0.3, -0.25) is 4.79 Å². The van der Waals surface area contributed by atoms with Gasteiger partial charge in [-0.05, 0) is 67.1 Å². The number of rotatable bonds is 4. The van der Waals surface area contributed by atoms with Crippen molar-refractivity contribution in [2.45, 2.75) is 25.7 Å². The predicted molar refractivity (Wildman–Crippen MR) is 76.1 cm³/mol. The van der Waals surface area contributed by atoms with Gasteiger partial charge in [-0.25, -0.2) is 0 Å². The predicted octanol–water partition coefficient (Wildman–Crippen LogP) is 2.34. The van der Waals surface area contributed by atoms with Crippen molar-refractivity contribution in [1.82, 2.24) is 5.32 Å². The molecule has 0 heterocycles. The first-order chi connectivity index (χ1) is 9.74. The summed E-state index contributed by atoms with van der Waals surface area (Å²) >= 11 is 0. The van der Waals surface area contributed by atoms with Crippen LogP contribution in [0.5, 0.6) is 5.75 Å². The van der Waals surface area contributed by atoms with E-state index in [1.807, 2.05) is 12.1 Å². The summed E-state index contributed by atoms with van der Waals surface area (Å²) in [5.41, 5.74) is 1.15. The SMILES string of the molecule is O=C(NCCc1ccc(O)cc1)C1C2C3CCC(C3)C12. The summed E-state index contributed by atoms with van der Waals surface area (Å²) in [6.07, 6.45) is 4.96. The zero-order valence-electron chi connectivity index (χ0n) is 11.6. The highest BCUT2D eigenvalue weighted by Crippen LogP contribution is 2.69. The number of fused-ring (bicyclic) bond motifs is 5. The van der Waals surface area contributed by atoms with Crippen molar-refractivity contribution >= 4 is 5.91 Å². The van der Waals surface area contributed by atoms with Crippen LogP contribution in [0.2, 0.25) is 0 Å². The molecule has 0 radical (unpaired) electrons. The molecule has 3 saturated carbocycles. The Morgan fingerprint density at radius 2 is 1.80 bits per heavy atom. The van der Waals surface area contributed by atoms with Crippen LogP contribution >= 0.6 is 0 Å². The van der Waals surface area contributed by atoms with Crippen LogP contribution in [-0.4, -0.2) is 17.6 Å². The summed E-state index contributed by atoms with van der Waals surface area (Å²) in [4.78, 5) is 12.2. The van der Waals surface area contributed by atoms with Gasteiger partial charge in [-0.1, -0.05) is 12.1 Å². The number of phenols is 1. The molecule has 0 aliphatic heterocycles.